The van der Waals surface area contributed by atoms with Gasteiger partial charge in [-0.15, -0.1) is 0 Å². The van der Waals surface area contributed by atoms with E-state index in [1.165, 1.54) is 23.3 Å². The van der Waals surface area contributed by atoms with Crippen LogP contribution in [0.4, 0.5) is 13.2 Å². The van der Waals surface area contributed by atoms with Crippen LogP contribution in [0.15, 0.2) is 48.3 Å². The van der Waals surface area contributed by atoms with Gasteiger partial charge >= 0.3 is 0 Å². The van der Waals surface area contributed by atoms with Crippen molar-refractivity contribution >= 4 is 5.83 Å². The molecule has 0 saturated carbocycles. The second-order valence-electron chi connectivity index (χ2n) is 6.35. The summed E-state index contributed by atoms with van der Waals surface area (Å²) in [5.41, 5.74) is 2.99. The highest BCUT2D eigenvalue weighted by atomic mass is 19.2. The van der Waals surface area contributed by atoms with Gasteiger partial charge in [0.05, 0.1) is 0 Å². The van der Waals surface area contributed by atoms with Crippen molar-refractivity contribution in [3.8, 4) is 0 Å². The van der Waals surface area contributed by atoms with E-state index in [0.717, 1.165) is 24.8 Å². The number of allylic oxidation sites excluding steroid dienone is 1. The zero-order valence-corrected chi connectivity index (χ0v) is 14.9. The lowest BCUT2D eigenvalue weighted by molar-refractivity contribution is 0.551. The molecule has 0 aliphatic carbocycles. The predicted molar refractivity (Wildman–Crippen MR) is 98.3 cm³/mol. The second kappa shape index (κ2) is 9.45. The molecule has 0 spiro atoms. The fourth-order valence-electron chi connectivity index (χ4n) is 2.82. The normalized spacial score (nSPS) is 12.2. The molecule has 0 heterocycles. The van der Waals surface area contributed by atoms with Gasteiger partial charge in [-0.25, -0.2) is 13.2 Å². The molecule has 0 unspecified atom stereocenters. The van der Waals surface area contributed by atoms with Crippen LogP contribution in [0.5, 0.6) is 0 Å². The summed E-state index contributed by atoms with van der Waals surface area (Å²) in [7, 11) is 0. The smallest absolute Gasteiger partial charge is 0.164 e. The molecule has 25 heavy (non-hydrogen) atoms. The molecule has 0 N–H and O–H groups in total. The molecule has 0 aliphatic heterocycles. The van der Waals surface area contributed by atoms with Crippen molar-refractivity contribution in [2.75, 3.05) is 0 Å². The Kier molecular flexibility index (Phi) is 7.30. The lowest BCUT2D eigenvalue weighted by atomic mass is 10.0. The van der Waals surface area contributed by atoms with Crippen LogP contribution in [0.2, 0.25) is 0 Å². The minimum Gasteiger partial charge on any atom is -0.209 e. The van der Waals surface area contributed by atoms with Gasteiger partial charge in [0, 0.05) is 12.0 Å². The Bertz CT molecular complexity index is 715. The van der Waals surface area contributed by atoms with E-state index in [-0.39, 0.29) is 12.0 Å². The van der Waals surface area contributed by atoms with Crippen molar-refractivity contribution in [1.82, 2.24) is 0 Å². The fraction of sp³-hybridized carbons (Fsp3) is 0.364. The van der Waals surface area contributed by atoms with Crippen LogP contribution in [0.3, 0.4) is 0 Å². The number of benzene rings is 2. The Morgan fingerprint density at radius 3 is 1.88 bits per heavy atom. The third-order valence-corrected chi connectivity index (χ3v) is 4.24. The second-order valence-corrected chi connectivity index (χ2v) is 6.35. The molecule has 0 amide bonds. The molecule has 3 heteroatoms. The molecule has 0 bridgehead atoms. The highest BCUT2D eigenvalue weighted by Crippen LogP contribution is 2.27. The van der Waals surface area contributed by atoms with Gasteiger partial charge in [-0.1, -0.05) is 50.6 Å². The molecule has 2 aromatic rings. The SMILES string of the molecule is CCCC(F)=C(F)c1ccc(CCc2ccc(CCC)cc2)cc1F. The monoisotopic (exact) mass is 346 g/mol. The van der Waals surface area contributed by atoms with E-state index in [2.05, 4.69) is 31.2 Å². The molecule has 0 saturated heterocycles. The van der Waals surface area contributed by atoms with E-state index in [0.29, 0.717) is 12.8 Å². The number of rotatable bonds is 8. The van der Waals surface area contributed by atoms with Crippen molar-refractivity contribution in [2.45, 2.75) is 52.4 Å². The van der Waals surface area contributed by atoms with Gasteiger partial charge in [-0.2, -0.15) is 0 Å². The van der Waals surface area contributed by atoms with Crippen molar-refractivity contribution < 1.29 is 13.2 Å². The Labute approximate surface area is 148 Å². The lowest BCUT2D eigenvalue weighted by Crippen LogP contribution is -1.96. The van der Waals surface area contributed by atoms with Crippen LogP contribution in [-0.4, -0.2) is 0 Å². The molecule has 0 radical (unpaired) electrons. The van der Waals surface area contributed by atoms with Gasteiger partial charge in [0.15, 0.2) is 5.83 Å². The molecule has 0 fully saturated rings. The first kappa shape index (κ1) is 19.3. The molecule has 2 aromatic carbocycles. The maximum atomic E-state index is 14.1. The van der Waals surface area contributed by atoms with Crippen LogP contribution >= 0.6 is 0 Å². The zero-order chi connectivity index (χ0) is 18.2. The molecule has 0 aliphatic rings. The van der Waals surface area contributed by atoms with Crippen LogP contribution in [0.25, 0.3) is 5.83 Å². The molecule has 0 aromatic heterocycles. The van der Waals surface area contributed by atoms with Crippen LogP contribution in [0.1, 0.15) is 55.4 Å². The van der Waals surface area contributed by atoms with E-state index < -0.39 is 17.5 Å². The van der Waals surface area contributed by atoms with Gasteiger partial charge in [-0.05, 0) is 54.5 Å². The molecular weight excluding hydrogens is 321 g/mol. The summed E-state index contributed by atoms with van der Waals surface area (Å²) in [4.78, 5) is 0. The van der Waals surface area contributed by atoms with Crippen molar-refractivity contribution in [2.24, 2.45) is 0 Å². The van der Waals surface area contributed by atoms with Gasteiger partial charge in [0.25, 0.3) is 0 Å². The summed E-state index contributed by atoms with van der Waals surface area (Å²) in [6.45, 7) is 3.90. The first-order chi connectivity index (χ1) is 12.0. The summed E-state index contributed by atoms with van der Waals surface area (Å²) in [5.74, 6) is -2.68. The first-order valence-electron chi connectivity index (χ1n) is 8.95. The van der Waals surface area contributed by atoms with Crippen LogP contribution in [0, 0.1) is 5.82 Å². The van der Waals surface area contributed by atoms with Gasteiger partial charge in [0.1, 0.15) is 11.6 Å². The average Bonchev–Trinajstić information content (AvgIpc) is 2.61. The Morgan fingerprint density at radius 1 is 0.760 bits per heavy atom. The predicted octanol–water partition coefficient (Wildman–Crippen LogP) is 6.97. The van der Waals surface area contributed by atoms with Gasteiger partial charge < -0.3 is 0 Å². The lowest BCUT2D eigenvalue weighted by Gasteiger charge is -2.07. The standard InChI is InChI=1S/C22H25F3/c1-3-5-16-7-9-17(10-8-16)11-12-18-13-14-19(21(24)15-18)22(25)20(23)6-4-2/h7-10,13-15H,3-6,11-12H2,1-2H3. The first-order valence-corrected chi connectivity index (χ1v) is 8.95. The largest absolute Gasteiger partial charge is 0.209 e. The third kappa shape index (κ3) is 5.48. The number of halogens is 3. The third-order valence-electron chi connectivity index (χ3n) is 4.24. The highest BCUT2D eigenvalue weighted by molar-refractivity contribution is 5.61. The summed E-state index contributed by atoms with van der Waals surface area (Å²) in [6, 6.07) is 12.7. The van der Waals surface area contributed by atoms with E-state index in [1.807, 2.05) is 0 Å². The molecular formula is C22H25F3. The van der Waals surface area contributed by atoms with Crippen molar-refractivity contribution in [3.05, 3.63) is 76.4 Å². The quantitative estimate of drug-likeness (QED) is 0.484. The summed E-state index contributed by atoms with van der Waals surface area (Å²) < 4.78 is 41.6. The topological polar surface area (TPSA) is 0 Å². The molecule has 0 nitrogen and oxygen atoms in total. The van der Waals surface area contributed by atoms with Crippen LogP contribution in [-0.2, 0) is 19.3 Å². The van der Waals surface area contributed by atoms with E-state index in [4.69, 9.17) is 0 Å². The van der Waals surface area contributed by atoms with Gasteiger partial charge in [0.2, 0.25) is 0 Å². The van der Waals surface area contributed by atoms with E-state index >= 15 is 0 Å². The maximum absolute atomic E-state index is 14.1. The Hall–Kier alpha value is -2.03. The summed E-state index contributed by atoms with van der Waals surface area (Å²) >= 11 is 0. The minimum absolute atomic E-state index is 0.0128. The van der Waals surface area contributed by atoms with Gasteiger partial charge in [-0.3, -0.25) is 0 Å². The number of hydrogen-bond donors (Lipinski definition) is 0. The Morgan fingerprint density at radius 2 is 1.32 bits per heavy atom. The van der Waals surface area contributed by atoms with E-state index in [1.54, 1.807) is 13.0 Å². The average molecular weight is 346 g/mol. The minimum atomic E-state index is -1.09. The molecule has 0 atom stereocenters. The van der Waals surface area contributed by atoms with Crippen molar-refractivity contribution in [3.63, 3.8) is 0 Å². The zero-order valence-electron chi connectivity index (χ0n) is 14.9. The summed E-state index contributed by atoms with van der Waals surface area (Å²) in [5, 5.41) is 0. The molecule has 134 valence electrons. The van der Waals surface area contributed by atoms with E-state index in [9.17, 15) is 13.2 Å². The maximum Gasteiger partial charge on any atom is 0.164 e. The summed E-state index contributed by atoms with van der Waals surface area (Å²) in [6.07, 6.45) is 4.10. The Balaban J connectivity index is 2.04. The number of hydrogen-bond acceptors (Lipinski definition) is 0. The van der Waals surface area contributed by atoms with Crippen LogP contribution < -0.4 is 0 Å². The van der Waals surface area contributed by atoms with Crippen molar-refractivity contribution in [1.29, 1.82) is 0 Å². The highest BCUT2D eigenvalue weighted by Gasteiger charge is 2.13. The fourth-order valence-corrected chi connectivity index (χ4v) is 2.82. The number of aryl methyl sites for hydroxylation is 3. The molecule has 2 rings (SSSR count).